The number of nitrogens with zero attached hydrogens (tertiary/aromatic N) is 1. The number of nitro groups is 1. The average molecular weight is 266 g/mol. The molecular formula is C11H8BrNO2. The molecule has 1 rings (SSSR count). The van der Waals surface area contributed by atoms with Gasteiger partial charge in [0.15, 0.2) is 0 Å². The monoisotopic (exact) mass is 265 g/mol. The van der Waals surface area contributed by atoms with Gasteiger partial charge in [0.2, 0.25) is 0 Å². The molecule has 0 fully saturated rings. The highest BCUT2D eigenvalue weighted by molar-refractivity contribution is 9.09. The normalized spacial score (nSPS) is 8.87. The first-order valence-electron chi connectivity index (χ1n) is 4.13. The number of non-ortho nitro benzene ring substituents is 1. The zero-order valence-electron chi connectivity index (χ0n) is 7.87. The molecule has 0 amide bonds. The first-order valence-corrected chi connectivity index (χ1v) is 5.26. The molecule has 0 unspecified atom stereocenters. The third-order valence-electron chi connectivity index (χ3n) is 1.62. The van der Waals surface area contributed by atoms with Gasteiger partial charge >= 0.3 is 0 Å². The number of rotatable bonds is 2. The molecule has 0 bridgehead atoms. The van der Waals surface area contributed by atoms with Crippen LogP contribution in [0.5, 0.6) is 0 Å². The molecule has 3 nitrogen and oxygen atoms in total. The van der Waals surface area contributed by atoms with E-state index >= 15 is 0 Å². The molecule has 0 aromatic heterocycles. The smallest absolute Gasteiger partial charge is 0.258 e. The van der Waals surface area contributed by atoms with Crippen molar-refractivity contribution >= 4 is 21.6 Å². The van der Waals surface area contributed by atoms with Gasteiger partial charge in [-0.2, -0.15) is 0 Å². The molecule has 1 aromatic carbocycles. The Kier molecular flexibility index (Phi) is 4.07. The number of hydrogen-bond donors (Lipinski definition) is 0. The zero-order chi connectivity index (χ0) is 11.3. The van der Waals surface area contributed by atoms with Gasteiger partial charge in [-0.25, -0.2) is 0 Å². The van der Waals surface area contributed by atoms with E-state index in [9.17, 15) is 10.1 Å². The van der Waals surface area contributed by atoms with Gasteiger partial charge in [0.05, 0.1) is 4.92 Å². The Morgan fingerprint density at radius 3 is 2.53 bits per heavy atom. The molecule has 1 aromatic rings. The fourth-order valence-corrected chi connectivity index (χ4v) is 1.00. The molecule has 0 saturated carbocycles. The number of nitro benzene ring substituents is 1. The molecule has 0 radical (unpaired) electrons. The summed E-state index contributed by atoms with van der Waals surface area (Å²) in [5.41, 5.74) is 1.58. The van der Waals surface area contributed by atoms with Crippen LogP contribution in [0.25, 0.3) is 0 Å². The van der Waals surface area contributed by atoms with Gasteiger partial charge in [-0.15, -0.1) is 0 Å². The maximum absolute atomic E-state index is 10.4. The van der Waals surface area contributed by atoms with E-state index in [1.807, 2.05) is 0 Å². The summed E-state index contributed by atoms with van der Waals surface area (Å²) in [4.78, 5) is 9.94. The van der Waals surface area contributed by atoms with Crippen LogP contribution in [0.3, 0.4) is 0 Å². The minimum atomic E-state index is -0.436. The second-order valence-electron chi connectivity index (χ2n) is 2.79. The molecular weight excluding hydrogens is 258 g/mol. The van der Waals surface area contributed by atoms with Crippen molar-refractivity contribution in [3.63, 3.8) is 0 Å². The lowest BCUT2D eigenvalue weighted by Crippen LogP contribution is -1.87. The lowest BCUT2D eigenvalue weighted by atomic mass is 10.2. The van der Waals surface area contributed by atoms with Crippen molar-refractivity contribution in [2.24, 2.45) is 0 Å². The van der Waals surface area contributed by atoms with Gasteiger partial charge < -0.3 is 0 Å². The summed E-state index contributed by atoms with van der Waals surface area (Å²) in [6.07, 6.45) is 0. The van der Waals surface area contributed by atoms with Crippen molar-refractivity contribution in [3.8, 4) is 11.8 Å². The minimum absolute atomic E-state index is 0.0693. The Hall–Kier alpha value is -1.60. The quantitative estimate of drug-likeness (QED) is 0.357. The van der Waals surface area contributed by atoms with Crippen LogP contribution in [0.1, 0.15) is 5.56 Å². The van der Waals surface area contributed by atoms with Crippen molar-refractivity contribution < 1.29 is 4.92 Å². The predicted molar refractivity (Wildman–Crippen MR) is 62.9 cm³/mol. The molecule has 0 heterocycles. The highest BCUT2D eigenvalue weighted by Crippen LogP contribution is 2.11. The van der Waals surface area contributed by atoms with E-state index in [1.54, 1.807) is 12.1 Å². The summed E-state index contributed by atoms with van der Waals surface area (Å²) >= 11 is 3.23. The van der Waals surface area contributed by atoms with Crippen LogP contribution in [0.4, 0.5) is 5.69 Å². The number of halogens is 1. The molecule has 0 spiro atoms. The number of alkyl halides is 1. The van der Waals surface area contributed by atoms with Crippen molar-refractivity contribution in [2.75, 3.05) is 5.33 Å². The van der Waals surface area contributed by atoms with Crippen molar-refractivity contribution in [3.05, 3.63) is 52.1 Å². The van der Waals surface area contributed by atoms with E-state index in [2.05, 4.69) is 34.3 Å². The van der Waals surface area contributed by atoms with E-state index in [0.29, 0.717) is 5.33 Å². The number of benzene rings is 1. The van der Waals surface area contributed by atoms with Gasteiger partial charge in [-0.1, -0.05) is 34.3 Å². The third-order valence-corrected chi connectivity index (χ3v) is 2.30. The fourth-order valence-electron chi connectivity index (χ4n) is 0.860. The summed E-state index contributed by atoms with van der Waals surface area (Å²) < 4.78 is 0. The molecule has 15 heavy (non-hydrogen) atoms. The summed E-state index contributed by atoms with van der Waals surface area (Å²) in [7, 11) is 0. The molecule has 4 heteroatoms. The predicted octanol–water partition coefficient (Wildman–Crippen LogP) is 2.90. The van der Waals surface area contributed by atoms with Crippen molar-refractivity contribution in [1.29, 1.82) is 0 Å². The summed E-state index contributed by atoms with van der Waals surface area (Å²) in [5, 5.41) is 11.0. The van der Waals surface area contributed by atoms with Crippen LogP contribution in [-0.2, 0) is 0 Å². The number of hydrogen-bond acceptors (Lipinski definition) is 2. The molecule has 0 N–H and O–H groups in total. The Morgan fingerprint density at radius 2 is 2.07 bits per heavy atom. The Bertz CT molecular complexity index is 440. The maximum atomic E-state index is 10.4. The molecule has 0 atom stereocenters. The van der Waals surface area contributed by atoms with Gasteiger partial charge in [0.1, 0.15) is 0 Å². The van der Waals surface area contributed by atoms with Gasteiger partial charge in [-0.05, 0) is 12.1 Å². The summed E-state index contributed by atoms with van der Waals surface area (Å²) in [5.74, 6) is 5.70. The van der Waals surface area contributed by atoms with Gasteiger partial charge in [-0.3, -0.25) is 10.1 Å². The standard InChI is InChI=1S/C11H8BrNO2/c1-9(8-12)2-3-10-4-6-11(7-5-10)13(14)15/h4-7H,1,8H2. The van der Waals surface area contributed by atoms with Gasteiger partial charge in [0.25, 0.3) is 5.69 Å². The Morgan fingerprint density at radius 1 is 1.47 bits per heavy atom. The second kappa shape index (κ2) is 5.32. The molecule has 0 aliphatic heterocycles. The largest absolute Gasteiger partial charge is 0.269 e. The average Bonchev–Trinajstić information content (AvgIpc) is 2.26. The van der Waals surface area contributed by atoms with Gasteiger partial charge in [0, 0.05) is 28.6 Å². The van der Waals surface area contributed by atoms with Crippen molar-refractivity contribution in [2.45, 2.75) is 0 Å². The Labute approximate surface area is 96.1 Å². The topological polar surface area (TPSA) is 43.1 Å². The summed E-state index contributed by atoms with van der Waals surface area (Å²) in [6, 6.07) is 6.10. The second-order valence-corrected chi connectivity index (χ2v) is 3.35. The molecule has 76 valence electrons. The molecule has 0 aliphatic rings. The van der Waals surface area contributed by atoms with Crippen LogP contribution in [-0.4, -0.2) is 10.3 Å². The van der Waals surface area contributed by atoms with Crippen molar-refractivity contribution in [1.82, 2.24) is 0 Å². The van der Waals surface area contributed by atoms with E-state index < -0.39 is 4.92 Å². The highest BCUT2D eigenvalue weighted by atomic mass is 79.9. The van der Waals surface area contributed by atoms with E-state index in [1.165, 1.54) is 12.1 Å². The van der Waals surface area contributed by atoms with Crippen LogP contribution < -0.4 is 0 Å². The van der Waals surface area contributed by atoms with Crippen LogP contribution >= 0.6 is 15.9 Å². The molecule has 0 saturated heterocycles. The first kappa shape index (κ1) is 11.5. The lowest BCUT2D eigenvalue weighted by molar-refractivity contribution is -0.384. The Balaban J connectivity index is 2.84. The van der Waals surface area contributed by atoms with E-state index in [-0.39, 0.29) is 5.69 Å². The highest BCUT2D eigenvalue weighted by Gasteiger charge is 2.01. The van der Waals surface area contributed by atoms with Crippen LogP contribution in [0.2, 0.25) is 0 Å². The third kappa shape index (κ3) is 3.56. The number of allylic oxidation sites excluding steroid dienone is 1. The molecule has 0 aliphatic carbocycles. The minimum Gasteiger partial charge on any atom is -0.258 e. The van der Waals surface area contributed by atoms with Crippen LogP contribution in [0, 0.1) is 22.0 Å². The van der Waals surface area contributed by atoms with E-state index in [4.69, 9.17) is 0 Å². The SMILES string of the molecule is C=C(C#Cc1ccc([N+](=O)[O-])cc1)CBr. The lowest BCUT2D eigenvalue weighted by Gasteiger charge is -1.91. The van der Waals surface area contributed by atoms with Crippen LogP contribution in [0.15, 0.2) is 36.4 Å². The fraction of sp³-hybridized carbons (Fsp3) is 0.0909. The zero-order valence-corrected chi connectivity index (χ0v) is 9.45. The maximum Gasteiger partial charge on any atom is 0.269 e. The first-order chi connectivity index (χ1) is 7.13. The summed E-state index contributed by atoms with van der Waals surface area (Å²) in [6.45, 7) is 3.71. The van der Waals surface area contributed by atoms with E-state index in [0.717, 1.165) is 11.1 Å².